The molecule has 0 bridgehead atoms. The first-order valence-electron chi connectivity index (χ1n) is 12.7. The summed E-state index contributed by atoms with van der Waals surface area (Å²) in [6.07, 6.45) is 8.56. The van der Waals surface area contributed by atoms with Crippen LogP contribution in [0.15, 0.2) is 0 Å². The molecule has 0 spiro atoms. The van der Waals surface area contributed by atoms with E-state index in [-0.39, 0.29) is 40.8 Å². The molecule has 4 aliphatic carbocycles. The van der Waals surface area contributed by atoms with Crippen molar-refractivity contribution >= 4 is 12.3 Å². The lowest BCUT2D eigenvalue weighted by molar-refractivity contribution is -0.204. The number of carboxylic acids is 1. The summed E-state index contributed by atoms with van der Waals surface area (Å²) in [5.41, 5.74) is 0.0801. The zero-order chi connectivity index (χ0) is 22.6. The molecule has 3 N–H and O–H groups in total. The smallest absolute Gasteiger partial charge is 0.306 e. The van der Waals surface area contributed by atoms with Gasteiger partial charge >= 0.3 is 5.97 Å². The minimum absolute atomic E-state index is 0.0796. The largest absolute Gasteiger partial charge is 0.481 e. The van der Waals surface area contributed by atoms with Crippen LogP contribution in [0.25, 0.3) is 0 Å². The van der Waals surface area contributed by atoms with Crippen molar-refractivity contribution in [3.8, 4) is 0 Å². The van der Waals surface area contributed by atoms with E-state index in [4.69, 9.17) is 0 Å². The molecule has 4 fully saturated rings. The van der Waals surface area contributed by atoms with Crippen LogP contribution in [0.2, 0.25) is 0 Å². The molecule has 0 aromatic carbocycles. The molecular formula is C26H42O5. The van der Waals surface area contributed by atoms with Gasteiger partial charge in [0, 0.05) is 6.42 Å². The molecule has 5 heteroatoms. The van der Waals surface area contributed by atoms with Crippen LogP contribution in [0, 0.1) is 52.3 Å². The number of hydrogen-bond acceptors (Lipinski definition) is 4. The second-order valence-electron chi connectivity index (χ2n) is 11.8. The van der Waals surface area contributed by atoms with Gasteiger partial charge in [0.15, 0.2) is 0 Å². The highest BCUT2D eigenvalue weighted by Gasteiger charge is 2.65. The van der Waals surface area contributed by atoms with E-state index < -0.39 is 11.9 Å². The molecule has 11 atom stereocenters. The van der Waals surface area contributed by atoms with Gasteiger partial charge in [-0.15, -0.1) is 0 Å². The second kappa shape index (κ2) is 8.44. The fourth-order valence-electron chi connectivity index (χ4n) is 9.40. The van der Waals surface area contributed by atoms with Crippen molar-refractivity contribution in [3.05, 3.63) is 0 Å². The summed E-state index contributed by atoms with van der Waals surface area (Å²) in [6, 6.07) is 0. The molecule has 0 heterocycles. The van der Waals surface area contributed by atoms with Crippen molar-refractivity contribution in [2.24, 2.45) is 52.3 Å². The molecule has 0 aromatic rings. The predicted molar refractivity (Wildman–Crippen MR) is 118 cm³/mol. The van der Waals surface area contributed by atoms with Crippen LogP contribution in [-0.2, 0) is 9.59 Å². The van der Waals surface area contributed by atoms with Crippen molar-refractivity contribution in [3.63, 3.8) is 0 Å². The van der Waals surface area contributed by atoms with Crippen molar-refractivity contribution in [1.29, 1.82) is 0 Å². The molecule has 4 rings (SSSR count). The Kier molecular flexibility index (Phi) is 6.33. The first-order valence-corrected chi connectivity index (χ1v) is 12.7. The maximum atomic E-state index is 12.1. The lowest BCUT2D eigenvalue weighted by Gasteiger charge is -2.64. The fraction of sp³-hybridized carbons (Fsp3) is 0.923. The first-order chi connectivity index (χ1) is 14.7. The molecule has 0 aliphatic heterocycles. The van der Waals surface area contributed by atoms with Gasteiger partial charge in [-0.05, 0) is 97.7 Å². The van der Waals surface area contributed by atoms with Crippen molar-refractivity contribution in [1.82, 2.24) is 0 Å². The topological polar surface area (TPSA) is 94.8 Å². The number of carbonyl (C=O) groups excluding carboxylic acids is 1. The normalized spacial score (nSPS) is 50.1. The van der Waals surface area contributed by atoms with E-state index in [1.54, 1.807) is 0 Å². The third-order valence-electron chi connectivity index (χ3n) is 10.9. The van der Waals surface area contributed by atoms with Gasteiger partial charge in [-0.1, -0.05) is 27.2 Å². The Morgan fingerprint density at radius 3 is 2.35 bits per heavy atom. The Morgan fingerprint density at radius 2 is 1.71 bits per heavy atom. The van der Waals surface area contributed by atoms with Gasteiger partial charge in [0.05, 0.1) is 18.1 Å². The molecule has 0 aromatic heterocycles. The number of aliphatic hydroxyl groups excluding tert-OH is 2. The van der Waals surface area contributed by atoms with Gasteiger partial charge in [-0.2, -0.15) is 0 Å². The maximum absolute atomic E-state index is 12.1. The lowest BCUT2D eigenvalue weighted by Crippen LogP contribution is -2.62. The number of carbonyl (C=O) groups is 2. The summed E-state index contributed by atoms with van der Waals surface area (Å²) < 4.78 is 0. The Balaban J connectivity index is 1.66. The molecule has 5 nitrogen and oxygen atoms in total. The molecule has 0 unspecified atom stereocenters. The van der Waals surface area contributed by atoms with Gasteiger partial charge in [0.2, 0.25) is 0 Å². The van der Waals surface area contributed by atoms with Crippen LogP contribution in [0.4, 0.5) is 0 Å². The van der Waals surface area contributed by atoms with Crippen LogP contribution in [0.5, 0.6) is 0 Å². The molecule has 0 radical (unpaired) electrons. The average molecular weight is 435 g/mol. The average Bonchev–Trinajstić information content (AvgIpc) is 3.07. The van der Waals surface area contributed by atoms with E-state index in [1.165, 1.54) is 0 Å². The zero-order valence-electron chi connectivity index (χ0n) is 19.5. The first kappa shape index (κ1) is 23.2. The van der Waals surface area contributed by atoms with Gasteiger partial charge in [-0.3, -0.25) is 4.79 Å². The lowest BCUT2D eigenvalue weighted by atomic mass is 9.41. The SMILES string of the molecule is CC[C@H]1[C@@H](O)[C@@H]2[C@H](CC[C@]3(C)[C@@H]([C@@H](CCC=O)C(=O)O)CC[C@@H]23)[C@@]2(C)CC[C@@H](O)C[C@@H]12. The second-order valence-corrected chi connectivity index (χ2v) is 11.8. The highest BCUT2D eigenvalue weighted by atomic mass is 16.4. The van der Waals surface area contributed by atoms with E-state index >= 15 is 0 Å². The number of fused-ring (bicyclic) bond motifs is 5. The summed E-state index contributed by atoms with van der Waals surface area (Å²) in [6.45, 7) is 6.89. The van der Waals surface area contributed by atoms with E-state index in [2.05, 4.69) is 20.8 Å². The predicted octanol–water partition coefficient (Wildman–Crippen LogP) is 4.29. The zero-order valence-corrected chi connectivity index (χ0v) is 19.5. The van der Waals surface area contributed by atoms with Gasteiger partial charge in [0.25, 0.3) is 0 Å². The minimum Gasteiger partial charge on any atom is -0.481 e. The summed E-state index contributed by atoms with van der Waals surface area (Å²) in [7, 11) is 0. The van der Waals surface area contributed by atoms with Crippen LogP contribution < -0.4 is 0 Å². The Hall–Kier alpha value is -0.940. The number of aldehydes is 1. The summed E-state index contributed by atoms with van der Waals surface area (Å²) in [4.78, 5) is 23.1. The van der Waals surface area contributed by atoms with E-state index in [0.29, 0.717) is 30.6 Å². The van der Waals surface area contributed by atoms with Crippen molar-refractivity contribution in [2.75, 3.05) is 0 Å². The van der Waals surface area contributed by atoms with Crippen LogP contribution in [0.1, 0.15) is 85.0 Å². The summed E-state index contributed by atoms with van der Waals surface area (Å²) in [5, 5.41) is 32.1. The van der Waals surface area contributed by atoms with Crippen LogP contribution in [-0.4, -0.2) is 39.8 Å². The van der Waals surface area contributed by atoms with E-state index in [9.17, 15) is 24.9 Å². The third kappa shape index (κ3) is 3.49. The quantitative estimate of drug-likeness (QED) is 0.542. The molecule has 0 saturated heterocycles. The monoisotopic (exact) mass is 434 g/mol. The van der Waals surface area contributed by atoms with Crippen molar-refractivity contribution in [2.45, 2.75) is 97.2 Å². The summed E-state index contributed by atoms with van der Waals surface area (Å²) >= 11 is 0. The standard InChI is InChI=1S/C26H42O5/c1-4-16-21-14-15(28)9-11-26(21,3)20-10-12-25(2)18(17(24(30)31)6-5-13-27)7-8-19(25)22(20)23(16)29/h13,15-23,28-29H,4-12,14H2,1-3H3,(H,30,31)/t15-,16-,17-,18-,19+,20+,21+,22+,23-,25-,26-/m1/s1. The third-order valence-corrected chi connectivity index (χ3v) is 10.9. The van der Waals surface area contributed by atoms with E-state index in [0.717, 1.165) is 57.7 Å². The summed E-state index contributed by atoms with van der Waals surface area (Å²) in [5.74, 6) is 0.479. The Labute approximate surface area is 187 Å². The number of aliphatic carboxylic acids is 1. The number of aliphatic hydroxyl groups is 2. The number of hydrogen-bond donors (Lipinski definition) is 3. The molecule has 31 heavy (non-hydrogen) atoms. The van der Waals surface area contributed by atoms with E-state index in [1.807, 2.05) is 0 Å². The Bertz CT molecular complexity index is 693. The highest BCUT2D eigenvalue weighted by Crippen LogP contribution is 2.69. The molecule has 176 valence electrons. The van der Waals surface area contributed by atoms with Crippen LogP contribution in [0.3, 0.4) is 0 Å². The van der Waals surface area contributed by atoms with Gasteiger partial charge in [0.1, 0.15) is 6.29 Å². The van der Waals surface area contributed by atoms with Gasteiger partial charge in [-0.25, -0.2) is 0 Å². The minimum atomic E-state index is -0.764. The highest BCUT2D eigenvalue weighted by molar-refractivity contribution is 5.71. The molecule has 0 amide bonds. The molecular weight excluding hydrogens is 392 g/mol. The number of rotatable bonds is 6. The maximum Gasteiger partial charge on any atom is 0.306 e. The van der Waals surface area contributed by atoms with Gasteiger partial charge < -0.3 is 20.1 Å². The number of carboxylic acid groups (broad SMARTS) is 1. The Morgan fingerprint density at radius 1 is 1.03 bits per heavy atom. The molecule has 4 saturated carbocycles. The van der Waals surface area contributed by atoms with Crippen molar-refractivity contribution < 1.29 is 24.9 Å². The molecule has 4 aliphatic rings. The fourth-order valence-corrected chi connectivity index (χ4v) is 9.40. The van der Waals surface area contributed by atoms with Crippen LogP contribution >= 0.6 is 0 Å².